The molecular weight excluding hydrogens is 498 g/mol. The fourth-order valence-corrected chi connectivity index (χ4v) is 7.02. The van der Waals surface area contributed by atoms with Crippen molar-refractivity contribution in [3.05, 3.63) is 129 Å². The number of para-hydroxylation sites is 2. The van der Waals surface area contributed by atoms with Crippen LogP contribution in [0.15, 0.2) is 89.8 Å². The van der Waals surface area contributed by atoms with Gasteiger partial charge < -0.3 is 4.90 Å². The number of ketones is 2. The van der Waals surface area contributed by atoms with Crippen LogP contribution in [0, 0.1) is 13.8 Å². The molecule has 0 unspecified atom stereocenters. The summed E-state index contributed by atoms with van der Waals surface area (Å²) in [6.45, 7) is 8.72. The summed E-state index contributed by atoms with van der Waals surface area (Å²) in [5.41, 5.74) is 10.1. The van der Waals surface area contributed by atoms with Crippen molar-refractivity contribution in [1.82, 2.24) is 0 Å². The second-order valence-corrected chi connectivity index (χ2v) is 12.0. The quantitative estimate of drug-likeness (QED) is 0.170. The fourth-order valence-electron chi connectivity index (χ4n) is 6.21. The van der Waals surface area contributed by atoms with Crippen molar-refractivity contribution in [1.29, 1.82) is 0 Å². The summed E-state index contributed by atoms with van der Waals surface area (Å²) >= 11 is 1.58. The first-order chi connectivity index (χ1) is 18.8. The van der Waals surface area contributed by atoms with Crippen LogP contribution in [0.4, 0.5) is 17.1 Å². The Morgan fingerprint density at radius 1 is 0.718 bits per heavy atom. The summed E-state index contributed by atoms with van der Waals surface area (Å²) in [5, 5.41) is 2.99. The number of thiophene rings is 1. The number of Topliss-reactive ketones (excluding diaryl/α,β-unsaturated/α-hetero) is 2. The number of carbonyl (C=O) groups is 2. The summed E-state index contributed by atoms with van der Waals surface area (Å²) in [6, 6.07) is 27.2. The average Bonchev–Trinajstić information content (AvgIpc) is 3.48. The molecule has 1 aromatic heterocycles. The lowest BCUT2D eigenvalue weighted by Gasteiger charge is -2.42. The van der Waals surface area contributed by atoms with E-state index in [2.05, 4.69) is 86.3 Å². The lowest BCUT2D eigenvalue weighted by molar-refractivity contribution is 0.0990. The maximum Gasteiger partial charge on any atom is 0.197 e. The highest BCUT2D eigenvalue weighted by molar-refractivity contribution is 7.17. The first kappa shape index (κ1) is 23.8. The molecule has 7 rings (SSSR count). The Hall–Kier alpha value is -4.28. The van der Waals surface area contributed by atoms with E-state index in [1.54, 1.807) is 17.4 Å². The van der Waals surface area contributed by atoms with E-state index in [1.807, 2.05) is 30.5 Å². The highest BCUT2D eigenvalue weighted by Gasteiger charge is 2.37. The van der Waals surface area contributed by atoms with E-state index in [0.717, 1.165) is 32.5 Å². The largest absolute Gasteiger partial charge is 0.310 e. The molecule has 2 heterocycles. The van der Waals surface area contributed by atoms with E-state index in [9.17, 15) is 9.59 Å². The van der Waals surface area contributed by atoms with Crippen LogP contribution in [0.1, 0.15) is 62.4 Å². The molecule has 2 aliphatic rings. The van der Waals surface area contributed by atoms with Crippen LogP contribution in [-0.4, -0.2) is 11.6 Å². The van der Waals surface area contributed by atoms with Gasteiger partial charge in [0.1, 0.15) is 0 Å². The van der Waals surface area contributed by atoms with Gasteiger partial charge in [0.2, 0.25) is 0 Å². The van der Waals surface area contributed by atoms with Crippen LogP contribution in [0.3, 0.4) is 0 Å². The van der Waals surface area contributed by atoms with E-state index in [0.29, 0.717) is 11.1 Å². The average molecular weight is 526 g/mol. The summed E-state index contributed by atoms with van der Waals surface area (Å²) in [4.78, 5) is 29.0. The molecule has 1 aliphatic heterocycles. The summed E-state index contributed by atoms with van der Waals surface area (Å²) in [6.07, 6.45) is 1.78. The first-order valence-electron chi connectivity index (χ1n) is 13.2. The van der Waals surface area contributed by atoms with E-state index in [4.69, 9.17) is 0 Å². The Morgan fingerprint density at radius 3 is 2.00 bits per heavy atom. The number of anilines is 3. The number of hydrogen-bond donors (Lipinski definition) is 0. The number of rotatable bonds is 2. The second kappa shape index (κ2) is 8.36. The number of benzene rings is 4. The van der Waals surface area contributed by atoms with Crippen LogP contribution in [-0.2, 0) is 5.41 Å². The predicted molar refractivity (Wildman–Crippen MR) is 161 cm³/mol. The third-order valence-corrected chi connectivity index (χ3v) is 9.21. The molecule has 3 nitrogen and oxygen atoms in total. The van der Waals surface area contributed by atoms with Gasteiger partial charge in [-0.15, -0.1) is 11.3 Å². The van der Waals surface area contributed by atoms with Crippen molar-refractivity contribution < 1.29 is 9.59 Å². The van der Waals surface area contributed by atoms with Crippen LogP contribution in [0.2, 0.25) is 0 Å². The number of allylic oxidation sites excluding steroid dienone is 1. The lowest BCUT2D eigenvalue weighted by Crippen LogP contribution is -2.30. The van der Waals surface area contributed by atoms with Crippen LogP contribution >= 0.6 is 11.3 Å². The topological polar surface area (TPSA) is 37.4 Å². The first-order valence-corrected chi connectivity index (χ1v) is 14.1. The van der Waals surface area contributed by atoms with E-state index >= 15 is 0 Å². The Kier molecular flexibility index (Phi) is 5.10. The van der Waals surface area contributed by atoms with Gasteiger partial charge in [0, 0.05) is 26.9 Å². The van der Waals surface area contributed by atoms with Gasteiger partial charge in [-0.1, -0.05) is 50.2 Å². The number of hydrogen-bond acceptors (Lipinski definition) is 4. The van der Waals surface area contributed by atoms with Crippen LogP contribution in [0.25, 0.3) is 16.2 Å². The molecule has 1 aliphatic carbocycles. The number of aryl methyl sites for hydroxylation is 2. The molecule has 0 atom stereocenters. The smallest absolute Gasteiger partial charge is 0.197 e. The van der Waals surface area contributed by atoms with Crippen molar-refractivity contribution >= 4 is 56.1 Å². The van der Waals surface area contributed by atoms with Crippen molar-refractivity contribution in [2.75, 3.05) is 4.90 Å². The Morgan fingerprint density at radius 2 is 1.33 bits per heavy atom. The van der Waals surface area contributed by atoms with Gasteiger partial charge >= 0.3 is 0 Å². The van der Waals surface area contributed by atoms with E-state index < -0.39 is 0 Å². The molecule has 0 spiro atoms. The predicted octanol–water partition coefficient (Wildman–Crippen LogP) is 9.09. The minimum atomic E-state index is -0.189. The Bertz CT molecular complexity index is 1800. The molecule has 0 saturated carbocycles. The molecular formula is C35H27NO2S. The van der Waals surface area contributed by atoms with Gasteiger partial charge in [-0.2, -0.15) is 0 Å². The van der Waals surface area contributed by atoms with Gasteiger partial charge in [0.25, 0.3) is 0 Å². The lowest BCUT2D eigenvalue weighted by atomic mass is 9.73. The van der Waals surface area contributed by atoms with Crippen LogP contribution in [0.5, 0.6) is 0 Å². The van der Waals surface area contributed by atoms with Gasteiger partial charge in [0.15, 0.2) is 11.6 Å². The van der Waals surface area contributed by atoms with Crippen molar-refractivity contribution in [3.63, 3.8) is 0 Å². The number of carbonyl (C=O) groups excluding carboxylic acids is 2. The summed E-state index contributed by atoms with van der Waals surface area (Å²) in [5.74, 6) is -0.377. The van der Waals surface area contributed by atoms with Crippen molar-refractivity contribution in [2.24, 2.45) is 0 Å². The van der Waals surface area contributed by atoms with E-state index in [1.165, 1.54) is 22.5 Å². The van der Waals surface area contributed by atoms with E-state index in [-0.39, 0.29) is 22.6 Å². The Balaban J connectivity index is 1.35. The standard InChI is InChI=1S/C35H27NO2S/c1-20-16-31(36-29-11-7-5-9-27(29)35(3,4)28-10-6-8-12-30(28)36)21(2)15-23(20)18-26-33(37)24-17-22-13-14-39-32(22)19-25(24)34(26)38/h5-19H,1-4H3/b26-18-. The molecule has 4 heteroatoms. The monoisotopic (exact) mass is 525 g/mol. The van der Waals surface area contributed by atoms with Gasteiger partial charge in [-0.25, -0.2) is 0 Å². The molecule has 5 aromatic rings. The highest BCUT2D eigenvalue weighted by Crippen LogP contribution is 2.52. The van der Waals surface area contributed by atoms with Gasteiger partial charge in [-0.05, 0) is 101 Å². The number of fused-ring (bicyclic) bond motifs is 4. The molecule has 0 fully saturated rings. The molecule has 0 radical (unpaired) electrons. The molecule has 0 saturated heterocycles. The van der Waals surface area contributed by atoms with Crippen LogP contribution < -0.4 is 4.90 Å². The second-order valence-electron chi connectivity index (χ2n) is 11.1. The zero-order valence-electron chi connectivity index (χ0n) is 22.3. The maximum atomic E-state index is 13.3. The van der Waals surface area contributed by atoms with Gasteiger partial charge in [0.05, 0.1) is 16.9 Å². The minimum Gasteiger partial charge on any atom is -0.310 e. The third kappa shape index (κ3) is 3.41. The maximum absolute atomic E-state index is 13.3. The zero-order chi connectivity index (χ0) is 27.1. The third-order valence-electron chi connectivity index (χ3n) is 8.33. The Labute approximate surface area is 232 Å². The molecule has 0 bridgehead atoms. The fraction of sp³-hybridized carbons (Fsp3) is 0.143. The zero-order valence-corrected chi connectivity index (χ0v) is 23.1. The van der Waals surface area contributed by atoms with Crippen molar-refractivity contribution in [2.45, 2.75) is 33.1 Å². The SMILES string of the molecule is Cc1cc(N2c3ccccc3C(C)(C)c3ccccc32)c(C)cc1/C=C1/C(=O)c2cc3ccsc3cc2C1=O. The summed E-state index contributed by atoms with van der Waals surface area (Å²) in [7, 11) is 0. The molecule has 0 N–H and O–H groups in total. The molecule has 0 amide bonds. The highest BCUT2D eigenvalue weighted by atomic mass is 32.1. The number of nitrogens with zero attached hydrogens (tertiary/aromatic N) is 1. The summed E-state index contributed by atoms with van der Waals surface area (Å²) < 4.78 is 1.03. The normalized spacial score (nSPS) is 16.5. The van der Waals surface area contributed by atoms with Gasteiger partial charge in [-0.3, -0.25) is 9.59 Å². The molecule has 190 valence electrons. The minimum absolute atomic E-state index is 0.121. The molecule has 39 heavy (non-hydrogen) atoms. The molecule has 4 aromatic carbocycles. The van der Waals surface area contributed by atoms with Crippen molar-refractivity contribution in [3.8, 4) is 0 Å².